The van der Waals surface area contributed by atoms with Gasteiger partial charge in [-0.3, -0.25) is 9.59 Å². The van der Waals surface area contributed by atoms with Gasteiger partial charge in [-0.05, 0) is 23.8 Å². The molecule has 0 aliphatic rings. The van der Waals surface area contributed by atoms with Crippen LogP contribution in [0.25, 0.3) is 0 Å². The number of carbonyl (C=O) groups is 1. The van der Waals surface area contributed by atoms with Crippen LogP contribution in [0, 0.1) is 0 Å². The Bertz CT molecular complexity index is 649. The van der Waals surface area contributed by atoms with Crippen LogP contribution in [0.3, 0.4) is 0 Å². The van der Waals surface area contributed by atoms with Gasteiger partial charge in [0.15, 0.2) is 0 Å². The van der Waals surface area contributed by atoms with Crippen molar-refractivity contribution in [3.8, 4) is 0 Å². The van der Waals surface area contributed by atoms with Crippen molar-refractivity contribution in [1.29, 1.82) is 0 Å². The van der Waals surface area contributed by atoms with Crippen molar-refractivity contribution >= 4 is 11.6 Å². The summed E-state index contributed by atoms with van der Waals surface area (Å²) in [7, 11) is 1.66. The number of H-pyrrole nitrogens is 1. The van der Waals surface area contributed by atoms with Crippen molar-refractivity contribution < 1.29 is 4.79 Å². The molecule has 2 rings (SSSR count). The molecule has 1 aromatic carbocycles. The van der Waals surface area contributed by atoms with Gasteiger partial charge in [-0.1, -0.05) is 18.2 Å². The third-order valence-electron chi connectivity index (χ3n) is 2.84. The number of hydrogen-bond donors (Lipinski definition) is 2. The smallest absolute Gasteiger partial charge is 0.274 e. The molecule has 0 unspecified atom stereocenters. The van der Waals surface area contributed by atoms with Crippen LogP contribution in [0.15, 0.2) is 47.3 Å². The molecule has 1 heterocycles. The second kappa shape index (κ2) is 5.49. The Morgan fingerprint density at radius 3 is 2.68 bits per heavy atom. The zero-order chi connectivity index (χ0) is 13.8. The number of pyridine rings is 1. The fourth-order valence-electron chi connectivity index (χ4n) is 1.76. The van der Waals surface area contributed by atoms with Crippen LogP contribution in [-0.2, 0) is 6.54 Å². The number of nitrogens with zero attached hydrogens (tertiary/aromatic N) is 1. The Hall–Kier alpha value is -2.40. The predicted octanol–water partition coefficient (Wildman–Crippen LogP) is 1.11. The van der Waals surface area contributed by atoms with Gasteiger partial charge in [0.05, 0.1) is 0 Å². The minimum absolute atomic E-state index is 0.258. The monoisotopic (exact) mass is 257 g/mol. The lowest BCUT2D eigenvalue weighted by Gasteiger charge is -2.17. The number of nitrogens with one attached hydrogen (secondary N) is 1. The van der Waals surface area contributed by atoms with Gasteiger partial charge in [0, 0.05) is 25.3 Å². The highest BCUT2D eigenvalue weighted by Gasteiger charge is 2.14. The molecular formula is C14H15N3O2. The van der Waals surface area contributed by atoms with Crippen molar-refractivity contribution in [2.75, 3.05) is 11.9 Å². The molecule has 0 aliphatic heterocycles. The fourth-order valence-corrected chi connectivity index (χ4v) is 1.76. The summed E-state index contributed by atoms with van der Waals surface area (Å²) in [6.07, 6.45) is 0. The number of amides is 1. The van der Waals surface area contributed by atoms with E-state index in [4.69, 9.17) is 5.73 Å². The first kappa shape index (κ1) is 13.0. The van der Waals surface area contributed by atoms with E-state index in [9.17, 15) is 9.59 Å². The summed E-state index contributed by atoms with van der Waals surface area (Å²) < 4.78 is 0. The highest BCUT2D eigenvalue weighted by atomic mass is 16.2. The van der Waals surface area contributed by atoms with Crippen LogP contribution in [0.2, 0.25) is 0 Å². The molecule has 0 radical (unpaired) electrons. The second-order valence-electron chi connectivity index (χ2n) is 4.17. The van der Waals surface area contributed by atoms with Crippen molar-refractivity contribution in [1.82, 2.24) is 4.98 Å². The van der Waals surface area contributed by atoms with Gasteiger partial charge in [0.2, 0.25) is 5.56 Å². The van der Waals surface area contributed by atoms with Gasteiger partial charge in [-0.2, -0.15) is 0 Å². The average molecular weight is 257 g/mol. The number of aromatic amines is 1. The Morgan fingerprint density at radius 2 is 2.00 bits per heavy atom. The number of benzene rings is 1. The van der Waals surface area contributed by atoms with Gasteiger partial charge >= 0.3 is 0 Å². The molecule has 1 aromatic heterocycles. The van der Waals surface area contributed by atoms with E-state index in [-0.39, 0.29) is 17.2 Å². The van der Waals surface area contributed by atoms with E-state index < -0.39 is 0 Å². The highest BCUT2D eigenvalue weighted by Crippen LogP contribution is 2.16. The maximum atomic E-state index is 12.2. The summed E-state index contributed by atoms with van der Waals surface area (Å²) in [4.78, 5) is 27.4. The molecule has 2 aromatic rings. The second-order valence-corrected chi connectivity index (χ2v) is 4.17. The zero-order valence-corrected chi connectivity index (χ0v) is 10.6. The Labute approximate surface area is 110 Å². The van der Waals surface area contributed by atoms with E-state index in [1.54, 1.807) is 19.2 Å². The molecule has 19 heavy (non-hydrogen) atoms. The van der Waals surface area contributed by atoms with E-state index >= 15 is 0 Å². The quantitative estimate of drug-likeness (QED) is 0.864. The SMILES string of the molecule is CN(C(=O)c1cccc(=O)[nH]1)c1cccc(CN)c1. The molecule has 5 nitrogen and oxygen atoms in total. The maximum Gasteiger partial charge on any atom is 0.274 e. The minimum atomic E-state index is -0.296. The number of anilines is 1. The maximum absolute atomic E-state index is 12.2. The van der Waals surface area contributed by atoms with E-state index in [0.717, 1.165) is 11.3 Å². The van der Waals surface area contributed by atoms with Gasteiger partial charge in [-0.15, -0.1) is 0 Å². The van der Waals surface area contributed by atoms with Crippen LogP contribution < -0.4 is 16.2 Å². The van der Waals surface area contributed by atoms with Crippen LogP contribution >= 0.6 is 0 Å². The first-order valence-corrected chi connectivity index (χ1v) is 5.88. The lowest BCUT2D eigenvalue weighted by molar-refractivity contribution is 0.0988. The highest BCUT2D eigenvalue weighted by molar-refractivity contribution is 6.04. The lowest BCUT2D eigenvalue weighted by Crippen LogP contribution is -2.28. The van der Waals surface area contributed by atoms with E-state index in [0.29, 0.717) is 6.54 Å². The summed E-state index contributed by atoms with van der Waals surface area (Å²) in [6, 6.07) is 11.9. The summed E-state index contributed by atoms with van der Waals surface area (Å²) in [5.74, 6) is -0.271. The molecule has 0 saturated carbocycles. The largest absolute Gasteiger partial charge is 0.326 e. The number of hydrogen-bond acceptors (Lipinski definition) is 3. The van der Waals surface area contributed by atoms with E-state index in [2.05, 4.69) is 4.98 Å². The predicted molar refractivity (Wildman–Crippen MR) is 74.1 cm³/mol. The molecule has 0 saturated heterocycles. The van der Waals surface area contributed by atoms with Crippen LogP contribution in [-0.4, -0.2) is 17.9 Å². The van der Waals surface area contributed by atoms with E-state index in [1.165, 1.54) is 11.0 Å². The molecule has 1 amide bonds. The number of nitrogens with two attached hydrogens (primary N) is 1. The van der Waals surface area contributed by atoms with Crippen molar-refractivity contribution in [2.24, 2.45) is 5.73 Å². The van der Waals surface area contributed by atoms with Gasteiger partial charge in [0.25, 0.3) is 5.91 Å². The third kappa shape index (κ3) is 2.89. The molecule has 0 fully saturated rings. The fraction of sp³-hybridized carbons (Fsp3) is 0.143. The summed E-state index contributed by atoms with van der Waals surface area (Å²) in [5, 5.41) is 0. The van der Waals surface area contributed by atoms with Crippen molar-refractivity contribution in [3.63, 3.8) is 0 Å². The normalized spacial score (nSPS) is 10.2. The summed E-state index contributed by atoms with van der Waals surface area (Å²) >= 11 is 0. The number of aromatic nitrogens is 1. The molecule has 0 atom stereocenters. The van der Waals surface area contributed by atoms with Gasteiger partial charge in [0.1, 0.15) is 5.69 Å². The molecule has 3 N–H and O–H groups in total. The number of carbonyl (C=O) groups excluding carboxylic acids is 1. The van der Waals surface area contributed by atoms with Crippen molar-refractivity contribution in [3.05, 3.63) is 64.1 Å². The average Bonchev–Trinajstić information content (AvgIpc) is 2.45. The summed E-state index contributed by atoms with van der Waals surface area (Å²) in [5.41, 5.74) is 7.21. The van der Waals surface area contributed by atoms with Gasteiger partial charge in [-0.25, -0.2) is 0 Å². The van der Waals surface area contributed by atoms with Crippen LogP contribution in [0.5, 0.6) is 0 Å². The molecule has 0 aliphatic carbocycles. The first-order valence-electron chi connectivity index (χ1n) is 5.88. The zero-order valence-electron chi connectivity index (χ0n) is 10.6. The molecule has 0 spiro atoms. The Kier molecular flexibility index (Phi) is 3.77. The molecule has 0 bridgehead atoms. The first-order chi connectivity index (χ1) is 9.11. The summed E-state index contributed by atoms with van der Waals surface area (Å²) in [6.45, 7) is 0.415. The Morgan fingerprint density at radius 1 is 1.26 bits per heavy atom. The topological polar surface area (TPSA) is 79.2 Å². The number of rotatable bonds is 3. The standard InChI is InChI=1S/C14H15N3O2/c1-17(11-5-2-4-10(8-11)9-15)14(19)12-6-3-7-13(18)16-12/h2-8H,9,15H2,1H3,(H,16,18). The van der Waals surface area contributed by atoms with E-state index in [1.807, 2.05) is 24.3 Å². The lowest BCUT2D eigenvalue weighted by atomic mass is 10.2. The minimum Gasteiger partial charge on any atom is -0.326 e. The molecular weight excluding hydrogens is 242 g/mol. The van der Waals surface area contributed by atoms with Crippen molar-refractivity contribution in [2.45, 2.75) is 6.54 Å². The molecule has 98 valence electrons. The Balaban J connectivity index is 2.30. The van der Waals surface area contributed by atoms with Gasteiger partial charge < -0.3 is 15.6 Å². The third-order valence-corrected chi connectivity index (χ3v) is 2.84. The molecule has 5 heteroatoms. The van der Waals surface area contributed by atoms with Crippen LogP contribution in [0.4, 0.5) is 5.69 Å². The van der Waals surface area contributed by atoms with Crippen LogP contribution in [0.1, 0.15) is 16.1 Å².